The average molecular weight is 436 g/mol. The SMILES string of the molecule is CC(C)NC(=O)c1cn(C[C@@H]2C[C@H](F)CN2S(=O)(=O)c2ccc3c(c2)CCC3)nn1. The standard InChI is InChI=1S/C20H26FN5O3S/c1-13(2)22-20(27)19-12-25(24-23-19)11-17-9-16(21)10-26(17)30(28,29)18-7-6-14-4-3-5-15(14)8-18/h6-8,12-13,16-17H,3-5,9-11H2,1-2H3,(H,22,27)/t16-,17-/m0/s1. The number of carbonyl (C=O) groups excluding carboxylic acids is 1. The van der Waals surface area contributed by atoms with Gasteiger partial charge in [-0.25, -0.2) is 12.8 Å². The van der Waals surface area contributed by atoms with E-state index in [1.165, 1.54) is 20.7 Å². The number of alkyl halides is 1. The van der Waals surface area contributed by atoms with Crippen molar-refractivity contribution in [2.45, 2.75) is 69.2 Å². The van der Waals surface area contributed by atoms with Crippen LogP contribution in [-0.4, -0.2) is 58.4 Å². The summed E-state index contributed by atoms with van der Waals surface area (Å²) in [5, 5.41) is 10.5. The fraction of sp³-hybridized carbons (Fsp3) is 0.550. The lowest BCUT2D eigenvalue weighted by molar-refractivity contribution is 0.0938. The summed E-state index contributed by atoms with van der Waals surface area (Å²) in [4.78, 5) is 12.3. The first-order valence-electron chi connectivity index (χ1n) is 10.2. The summed E-state index contributed by atoms with van der Waals surface area (Å²) in [5.74, 6) is -0.353. The third-order valence-corrected chi connectivity index (χ3v) is 7.49. The van der Waals surface area contributed by atoms with Crippen molar-refractivity contribution in [3.8, 4) is 0 Å². The molecule has 4 rings (SSSR count). The number of rotatable bonds is 6. The van der Waals surface area contributed by atoms with Crippen LogP contribution in [-0.2, 0) is 29.4 Å². The second-order valence-corrected chi connectivity index (χ2v) is 10.2. The molecule has 162 valence electrons. The minimum Gasteiger partial charge on any atom is -0.348 e. The molecule has 1 fully saturated rings. The molecule has 0 bridgehead atoms. The van der Waals surface area contributed by atoms with E-state index in [-0.39, 0.29) is 42.0 Å². The number of halogens is 1. The monoisotopic (exact) mass is 435 g/mol. The molecule has 10 heteroatoms. The molecule has 1 aliphatic carbocycles. The van der Waals surface area contributed by atoms with E-state index < -0.39 is 22.2 Å². The number of sulfonamides is 1. The number of aryl methyl sites for hydroxylation is 2. The van der Waals surface area contributed by atoms with Gasteiger partial charge in [0, 0.05) is 18.6 Å². The number of nitrogens with one attached hydrogen (secondary N) is 1. The zero-order valence-electron chi connectivity index (χ0n) is 17.1. The Morgan fingerprint density at radius 3 is 2.83 bits per heavy atom. The summed E-state index contributed by atoms with van der Waals surface area (Å²) < 4.78 is 43.4. The van der Waals surface area contributed by atoms with Gasteiger partial charge in [-0.15, -0.1) is 5.10 Å². The van der Waals surface area contributed by atoms with Gasteiger partial charge in [0.15, 0.2) is 5.69 Å². The highest BCUT2D eigenvalue weighted by Gasteiger charge is 2.41. The Bertz CT molecular complexity index is 1050. The first-order chi connectivity index (χ1) is 14.2. The van der Waals surface area contributed by atoms with Gasteiger partial charge in [-0.1, -0.05) is 11.3 Å². The van der Waals surface area contributed by atoms with Gasteiger partial charge < -0.3 is 5.32 Å². The van der Waals surface area contributed by atoms with Gasteiger partial charge in [-0.05, 0) is 62.8 Å². The van der Waals surface area contributed by atoms with Crippen molar-refractivity contribution >= 4 is 15.9 Å². The number of fused-ring (bicyclic) bond motifs is 1. The second-order valence-electron chi connectivity index (χ2n) is 8.30. The van der Waals surface area contributed by atoms with E-state index >= 15 is 0 Å². The minimum atomic E-state index is -3.84. The van der Waals surface area contributed by atoms with Crippen LogP contribution in [0.4, 0.5) is 4.39 Å². The molecule has 0 spiro atoms. The van der Waals surface area contributed by atoms with Crippen LogP contribution in [0.1, 0.15) is 48.3 Å². The van der Waals surface area contributed by atoms with Gasteiger partial charge in [0.1, 0.15) is 6.17 Å². The molecule has 1 aromatic heterocycles. The Labute approximate surface area is 175 Å². The molecule has 2 aromatic rings. The van der Waals surface area contributed by atoms with Crippen molar-refractivity contribution in [3.63, 3.8) is 0 Å². The van der Waals surface area contributed by atoms with Crippen LogP contribution in [0.3, 0.4) is 0 Å². The maximum Gasteiger partial charge on any atom is 0.273 e. The van der Waals surface area contributed by atoms with Crippen LogP contribution in [0.25, 0.3) is 0 Å². The van der Waals surface area contributed by atoms with Gasteiger partial charge in [0.2, 0.25) is 10.0 Å². The fourth-order valence-electron chi connectivity index (χ4n) is 4.18. The second kappa shape index (κ2) is 8.07. The maximum absolute atomic E-state index is 14.3. The molecule has 0 unspecified atom stereocenters. The number of carbonyl (C=O) groups is 1. The molecular formula is C20H26FN5O3S. The maximum atomic E-state index is 14.3. The number of amides is 1. The first-order valence-corrected chi connectivity index (χ1v) is 11.7. The van der Waals surface area contributed by atoms with Gasteiger partial charge in [-0.2, -0.15) is 4.31 Å². The van der Waals surface area contributed by atoms with Crippen LogP contribution in [0, 0.1) is 0 Å². The third-order valence-electron chi connectivity index (χ3n) is 5.58. The fourth-order valence-corrected chi connectivity index (χ4v) is 5.88. The smallest absolute Gasteiger partial charge is 0.273 e. The van der Waals surface area contributed by atoms with Crippen molar-refractivity contribution in [2.75, 3.05) is 6.54 Å². The predicted molar refractivity (Wildman–Crippen MR) is 108 cm³/mol. The van der Waals surface area contributed by atoms with E-state index in [9.17, 15) is 17.6 Å². The highest BCUT2D eigenvalue weighted by atomic mass is 32.2. The molecule has 2 heterocycles. The summed E-state index contributed by atoms with van der Waals surface area (Å²) in [6.07, 6.45) is 3.16. The molecule has 2 atom stereocenters. The number of benzene rings is 1. The Balaban J connectivity index is 1.54. The number of nitrogens with zero attached hydrogens (tertiary/aromatic N) is 4. The molecule has 0 radical (unpaired) electrons. The van der Waals surface area contributed by atoms with Crippen molar-refractivity contribution in [1.82, 2.24) is 24.6 Å². The molecule has 1 saturated heterocycles. The number of hydrogen-bond donors (Lipinski definition) is 1. The molecule has 30 heavy (non-hydrogen) atoms. The van der Waals surface area contributed by atoms with Crippen LogP contribution < -0.4 is 5.32 Å². The zero-order chi connectivity index (χ0) is 21.5. The highest BCUT2D eigenvalue weighted by Crippen LogP contribution is 2.31. The Hall–Kier alpha value is -2.33. The van der Waals surface area contributed by atoms with Gasteiger partial charge in [0.05, 0.1) is 17.6 Å². The van der Waals surface area contributed by atoms with Crippen molar-refractivity contribution in [3.05, 3.63) is 41.2 Å². The number of aromatic nitrogens is 3. The number of hydrogen-bond acceptors (Lipinski definition) is 5. The van der Waals surface area contributed by atoms with Crippen molar-refractivity contribution in [1.29, 1.82) is 0 Å². The summed E-state index contributed by atoms with van der Waals surface area (Å²) in [6, 6.07) is 4.57. The Kier molecular flexibility index (Phi) is 5.63. The molecule has 0 saturated carbocycles. The van der Waals surface area contributed by atoms with Gasteiger partial charge in [-0.3, -0.25) is 9.48 Å². The molecule has 1 aromatic carbocycles. The van der Waals surface area contributed by atoms with E-state index in [1.807, 2.05) is 19.9 Å². The van der Waals surface area contributed by atoms with Crippen LogP contribution >= 0.6 is 0 Å². The highest BCUT2D eigenvalue weighted by molar-refractivity contribution is 7.89. The van der Waals surface area contributed by atoms with Crippen LogP contribution in [0.15, 0.2) is 29.3 Å². The average Bonchev–Trinajstić information content (AvgIpc) is 3.40. The molecule has 1 aliphatic heterocycles. The lowest BCUT2D eigenvalue weighted by atomic mass is 10.1. The summed E-state index contributed by atoms with van der Waals surface area (Å²) in [6.45, 7) is 3.62. The molecule has 8 nitrogen and oxygen atoms in total. The summed E-state index contributed by atoms with van der Waals surface area (Å²) in [7, 11) is -3.84. The van der Waals surface area contributed by atoms with Crippen LogP contribution in [0.2, 0.25) is 0 Å². The summed E-state index contributed by atoms with van der Waals surface area (Å²) in [5.41, 5.74) is 2.39. The van der Waals surface area contributed by atoms with E-state index in [4.69, 9.17) is 0 Å². The first kappa shape index (κ1) is 20.9. The van der Waals surface area contributed by atoms with E-state index in [2.05, 4.69) is 15.6 Å². The summed E-state index contributed by atoms with van der Waals surface area (Å²) >= 11 is 0. The lowest BCUT2D eigenvalue weighted by Crippen LogP contribution is -2.38. The van der Waals surface area contributed by atoms with Crippen molar-refractivity contribution < 1.29 is 17.6 Å². The topological polar surface area (TPSA) is 97.2 Å². The minimum absolute atomic E-state index is 0.0438. The largest absolute Gasteiger partial charge is 0.348 e. The third kappa shape index (κ3) is 4.11. The van der Waals surface area contributed by atoms with E-state index in [0.717, 1.165) is 24.8 Å². The van der Waals surface area contributed by atoms with Crippen molar-refractivity contribution in [2.24, 2.45) is 0 Å². The quantitative estimate of drug-likeness (QED) is 0.745. The van der Waals surface area contributed by atoms with E-state index in [0.29, 0.717) is 0 Å². The molecule has 1 amide bonds. The van der Waals surface area contributed by atoms with E-state index in [1.54, 1.807) is 12.1 Å². The molecule has 2 aliphatic rings. The predicted octanol–water partition coefficient (Wildman–Crippen LogP) is 1.71. The Morgan fingerprint density at radius 1 is 1.30 bits per heavy atom. The molecule has 1 N–H and O–H groups in total. The normalized spacial score (nSPS) is 21.9. The lowest BCUT2D eigenvalue weighted by Gasteiger charge is -2.23. The van der Waals surface area contributed by atoms with Gasteiger partial charge in [0.25, 0.3) is 5.91 Å². The van der Waals surface area contributed by atoms with Crippen LogP contribution in [0.5, 0.6) is 0 Å². The molecular weight excluding hydrogens is 409 g/mol. The zero-order valence-corrected chi connectivity index (χ0v) is 17.9. The Morgan fingerprint density at radius 2 is 2.07 bits per heavy atom. The van der Waals surface area contributed by atoms with Gasteiger partial charge >= 0.3 is 0 Å².